The van der Waals surface area contributed by atoms with Crippen LogP contribution in [0.1, 0.15) is 13.8 Å². The van der Waals surface area contributed by atoms with Gasteiger partial charge in [0, 0.05) is 18.3 Å². The van der Waals surface area contributed by atoms with Crippen molar-refractivity contribution in [3.05, 3.63) is 33.3 Å². The van der Waals surface area contributed by atoms with E-state index in [2.05, 4.69) is 4.99 Å². The molecule has 1 aromatic rings. The fourth-order valence-corrected chi connectivity index (χ4v) is 1.77. The number of hydrogen-bond donors (Lipinski definition) is 0. The molecule has 0 saturated heterocycles. The predicted octanol–water partition coefficient (Wildman–Crippen LogP) is 2.69. The fraction of sp³-hybridized carbons (Fsp3) is 0.357. The van der Waals surface area contributed by atoms with E-state index in [0.29, 0.717) is 0 Å². The molecule has 0 atom stereocenters. The first-order chi connectivity index (χ1) is 10.9. The van der Waals surface area contributed by atoms with E-state index < -0.39 is 22.8 Å². The third kappa shape index (κ3) is 5.33. The molecule has 0 aliphatic heterocycles. The third-order valence-electron chi connectivity index (χ3n) is 2.59. The minimum Gasteiger partial charge on any atom is -0.465 e. The predicted molar refractivity (Wildman–Crippen MR) is 83.0 cm³/mol. The Morgan fingerprint density at radius 2 is 1.87 bits per heavy atom. The number of esters is 2. The van der Waals surface area contributed by atoms with Gasteiger partial charge in [-0.05, 0) is 19.9 Å². The second kappa shape index (κ2) is 8.84. The quantitative estimate of drug-likeness (QED) is 0.248. The van der Waals surface area contributed by atoms with Gasteiger partial charge in [-0.1, -0.05) is 11.6 Å². The maximum Gasteiger partial charge on any atom is 0.325 e. The van der Waals surface area contributed by atoms with E-state index in [0.717, 1.165) is 12.3 Å². The minimum absolute atomic E-state index is 0.0157. The summed E-state index contributed by atoms with van der Waals surface area (Å²) in [5.41, 5.74) is -0.0165. The zero-order chi connectivity index (χ0) is 17.4. The monoisotopic (exact) mass is 342 g/mol. The molecule has 0 fully saturated rings. The number of benzene rings is 1. The molecule has 0 unspecified atom stereocenters. The molecular formula is C14H15ClN2O6. The van der Waals surface area contributed by atoms with Gasteiger partial charge in [-0.15, -0.1) is 0 Å². The Bertz CT molecular complexity index is 614. The number of aliphatic imine (C=N–C) groups is 1. The summed E-state index contributed by atoms with van der Waals surface area (Å²) in [6.07, 6.45) is 1.04. The van der Waals surface area contributed by atoms with Crippen LogP contribution in [0, 0.1) is 16.0 Å². The average Bonchev–Trinajstić information content (AvgIpc) is 2.49. The van der Waals surface area contributed by atoms with E-state index in [4.69, 9.17) is 21.1 Å². The van der Waals surface area contributed by atoms with Crippen LogP contribution in [0.4, 0.5) is 11.4 Å². The fourth-order valence-electron chi connectivity index (χ4n) is 1.55. The Balaban J connectivity index is 3.02. The van der Waals surface area contributed by atoms with Crippen molar-refractivity contribution in [2.45, 2.75) is 13.8 Å². The smallest absolute Gasteiger partial charge is 0.325 e. The molecular weight excluding hydrogens is 328 g/mol. The number of rotatable bonds is 7. The summed E-state index contributed by atoms with van der Waals surface area (Å²) in [4.78, 5) is 37.5. The van der Waals surface area contributed by atoms with Crippen molar-refractivity contribution in [1.82, 2.24) is 0 Å². The molecule has 0 bridgehead atoms. The van der Waals surface area contributed by atoms with E-state index >= 15 is 0 Å². The molecule has 1 aromatic carbocycles. The van der Waals surface area contributed by atoms with Gasteiger partial charge in [-0.3, -0.25) is 24.7 Å². The SMILES string of the molecule is CCOC(=O)C(C=Nc1ccc([N+](=O)[O-])cc1Cl)C(=O)OCC. The molecule has 0 saturated carbocycles. The molecule has 0 aliphatic carbocycles. The summed E-state index contributed by atoms with van der Waals surface area (Å²) in [6, 6.07) is 3.64. The van der Waals surface area contributed by atoms with Gasteiger partial charge in [-0.2, -0.15) is 0 Å². The number of carbonyl (C=O) groups is 2. The van der Waals surface area contributed by atoms with Gasteiger partial charge in [0.2, 0.25) is 0 Å². The Hall–Kier alpha value is -2.48. The molecule has 0 heterocycles. The maximum atomic E-state index is 11.8. The molecule has 0 amide bonds. The first-order valence-electron chi connectivity index (χ1n) is 6.72. The lowest BCUT2D eigenvalue weighted by Crippen LogP contribution is -2.29. The second-order valence-corrected chi connectivity index (χ2v) is 4.56. The van der Waals surface area contributed by atoms with Crippen molar-refractivity contribution in [1.29, 1.82) is 0 Å². The molecule has 23 heavy (non-hydrogen) atoms. The Labute approximate surface area is 137 Å². The second-order valence-electron chi connectivity index (χ2n) is 4.15. The lowest BCUT2D eigenvalue weighted by molar-refractivity contribution is -0.384. The lowest BCUT2D eigenvalue weighted by atomic mass is 10.1. The number of carbonyl (C=O) groups excluding carboxylic acids is 2. The van der Waals surface area contributed by atoms with Crippen molar-refractivity contribution in [3.63, 3.8) is 0 Å². The summed E-state index contributed by atoms with van der Waals surface area (Å²) in [5, 5.41) is 10.7. The molecule has 124 valence electrons. The van der Waals surface area contributed by atoms with Crippen LogP contribution in [0.25, 0.3) is 0 Å². The van der Waals surface area contributed by atoms with E-state index in [-0.39, 0.29) is 29.6 Å². The van der Waals surface area contributed by atoms with Crippen molar-refractivity contribution < 1.29 is 24.0 Å². The van der Waals surface area contributed by atoms with Gasteiger partial charge < -0.3 is 9.47 Å². The van der Waals surface area contributed by atoms with Gasteiger partial charge in [-0.25, -0.2) is 0 Å². The zero-order valence-electron chi connectivity index (χ0n) is 12.5. The van der Waals surface area contributed by atoms with Gasteiger partial charge in [0.1, 0.15) is 0 Å². The number of nitro groups is 1. The summed E-state index contributed by atoms with van der Waals surface area (Å²) in [5.74, 6) is -2.93. The molecule has 8 nitrogen and oxygen atoms in total. The summed E-state index contributed by atoms with van der Waals surface area (Å²) < 4.78 is 9.57. The van der Waals surface area contributed by atoms with Crippen LogP contribution >= 0.6 is 11.6 Å². The van der Waals surface area contributed by atoms with Gasteiger partial charge in [0.25, 0.3) is 5.69 Å². The Morgan fingerprint density at radius 1 is 1.30 bits per heavy atom. The topological polar surface area (TPSA) is 108 Å². The van der Waals surface area contributed by atoms with Crippen molar-refractivity contribution in [3.8, 4) is 0 Å². The normalized spacial score (nSPS) is 10.8. The summed E-state index contributed by atoms with van der Waals surface area (Å²) >= 11 is 5.89. The molecule has 0 radical (unpaired) electrons. The number of non-ortho nitro benzene ring substituents is 1. The highest BCUT2D eigenvalue weighted by molar-refractivity contribution is 6.33. The molecule has 0 N–H and O–H groups in total. The summed E-state index contributed by atoms with van der Waals surface area (Å²) in [7, 11) is 0. The van der Waals surface area contributed by atoms with Gasteiger partial charge in [0.05, 0.1) is 28.8 Å². The number of ether oxygens (including phenoxy) is 2. The zero-order valence-corrected chi connectivity index (χ0v) is 13.3. The van der Waals surface area contributed by atoms with Crippen molar-refractivity contribution >= 4 is 41.1 Å². The first-order valence-corrected chi connectivity index (χ1v) is 7.09. The van der Waals surface area contributed by atoms with Crippen LogP contribution in [-0.4, -0.2) is 36.3 Å². The minimum atomic E-state index is -1.33. The van der Waals surface area contributed by atoms with Gasteiger partial charge >= 0.3 is 11.9 Å². The van der Waals surface area contributed by atoms with Crippen LogP contribution in [0.15, 0.2) is 23.2 Å². The van der Waals surface area contributed by atoms with Gasteiger partial charge in [0.15, 0.2) is 5.92 Å². The molecule has 1 rings (SSSR count). The molecule has 9 heteroatoms. The van der Waals surface area contributed by atoms with Crippen LogP contribution in [0.2, 0.25) is 5.02 Å². The van der Waals surface area contributed by atoms with E-state index in [1.165, 1.54) is 12.1 Å². The van der Waals surface area contributed by atoms with E-state index in [9.17, 15) is 19.7 Å². The van der Waals surface area contributed by atoms with Crippen LogP contribution in [0.3, 0.4) is 0 Å². The Kier molecular flexibility index (Phi) is 7.14. The highest BCUT2D eigenvalue weighted by Crippen LogP contribution is 2.28. The van der Waals surface area contributed by atoms with Crippen LogP contribution in [-0.2, 0) is 19.1 Å². The maximum absolute atomic E-state index is 11.8. The highest BCUT2D eigenvalue weighted by Gasteiger charge is 2.27. The first kappa shape index (κ1) is 18.6. The summed E-state index contributed by atoms with van der Waals surface area (Å²) in [6.45, 7) is 3.40. The average molecular weight is 343 g/mol. The largest absolute Gasteiger partial charge is 0.465 e. The van der Waals surface area contributed by atoms with Crippen molar-refractivity contribution in [2.24, 2.45) is 10.9 Å². The van der Waals surface area contributed by atoms with E-state index in [1.807, 2.05) is 0 Å². The highest BCUT2D eigenvalue weighted by atomic mass is 35.5. The lowest BCUT2D eigenvalue weighted by Gasteiger charge is -2.10. The molecule has 0 spiro atoms. The third-order valence-corrected chi connectivity index (χ3v) is 2.89. The van der Waals surface area contributed by atoms with Crippen molar-refractivity contribution in [2.75, 3.05) is 13.2 Å². The van der Waals surface area contributed by atoms with Crippen LogP contribution < -0.4 is 0 Å². The van der Waals surface area contributed by atoms with E-state index in [1.54, 1.807) is 13.8 Å². The Morgan fingerprint density at radius 3 is 2.30 bits per heavy atom. The van der Waals surface area contributed by atoms with Crippen LogP contribution in [0.5, 0.6) is 0 Å². The number of halogens is 1. The number of nitro benzene ring substituents is 1. The number of nitrogens with zero attached hydrogens (tertiary/aromatic N) is 2. The standard InChI is InChI=1S/C14H15ClN2O6/c1-3-22-13(18)10(14(19)23-4-2)8-16-12-6-5-9(17(20)21)7-11(12)15/h5-8,10H,3-4H2,1-2H3. The molecule has 0 aromatic heterocycles. The molecule has 0 aliphatic rings. The number of hydrogen-bond acceptors (Lipinski definition) is 7.